The van der Waals surface area contributed by atoms with E-state index in [2.05, 4.69) is 9.88 Å². The average Bonchev–Trinajstić information content (AvgIpc) is 2.67. The summed E-state index contributed by atoms with van der Waals surface area (Å²) in [6.45, 7) is 4.64. The molecule has 0 radical (unpaired) electrons. The van der Waals surface area contributed by atoms with E-state index in [1.54, 1.807) is 29.2 Å². The first-order valence-corrected chi connectivity index (χ1v) is 10.4. The molecule has 0 atom stereocenters. The number of nitrogens with one attached hydrogen (secondary N) is 1. The van der Waals surface area contributed by atoms with E-state index >= 15 is 0 Å². The first-order valence-electron chi connectivity index (χ1n) is 8.74. The molecule has 1 saturated heterocycles. The van der Waals surface area contributed by atoms with Crippen LogP contribution in [0.1, 0.15) is 12.0 Å². The standard InChI is InChI=1S/C19H23N3O3S/c1-16-2-4-18(5-3-16)26(24,25)15-8-19(23)22-13-11-21(12-14-22)17-6-9-20-10-7-17/h2-7,9-10H,8,11-15H2,1H3/p+1. The summed E-state index contributed by atoms with van der Waals surface area (Å²) in [7, 11) is -3.43. The van der Waals surface area contributed by atoms with E-state index in [0.717, 1.165) is 24.3 Å². The lowest BCUT2D eigenvalue weighted by Crippen LogP contribution is -2.49. The van der Waals surface area contributed by atoms with Gasteiger partial charge in [-0.2, -0.15) is 0 Å². The molecule has 6 nitrogen and oxygen atoms in total. The number of H-pyrrole nitrogens is 1. The Kier molecular flexibility index (Phi) is 5.56. The van der Waals surface area contributed by atoms with Gasteiger partial charge in [0, 0.05) is 50.4 Å². The Morgan fingerprint density at radius 3 is 2.23 bits per heavy atom. The highest BCUT2D eigenvalue weighted by Crippen LogP contribution is 2.16. The van der Waals surface area contributed by atoms with E-state index in [1.165, 1.54) is 0 Å². The molecule has 1 aliphatic heterocycles. The van der Waals surface area contributed by atoms with Crippen molar-refractivity contribution in [2.75, 3.05) is 36.8 Å². The van der Waals surface area contributed by atoms with Gasteiger partial charge in [-0.15, -0.1) is 0 Å². The second-order valence-electron chi connectivity index (χ2n) is 6.51. The first kappa shape index (κ1) is 18.4. The fourth-order valence-electron chi connectivity index (χ4n) is 3.05. The van der Waals surface area contributed by atoms with Gasteiger partial charge < -0.3 is 9.80 Å². The van der Waals surface area contributed by atoms with Crippen LogP contribution in [-0.2, 0) is 14.6 Å². The number of aromatic amines is 1. The number of piperazine rings is 1. The summed E-state index contributed by atoms with van der Waals surface area (Å²) in [6, 6.07) is 10.8. The number of sulfone groups is 1. The monoisotopic (exact) mass is 374 g/mol. The first-order chi connectivity index (χ1) is 12.5. The number of carbonyl (C=O) groups excluding carboxylic acids is 1. The molecular weight excluding hydrogens is 350 g/mol. The second kappa shape index (κ2) is 7.86. The van der Waals surface area contributed by atoms with Crippen molar-refractivity contribution in [1.82, 2.24) is 4.90 Å². The van der Waals surface area contributed by atoms with E-state index in [9.17, 15) is 13.2 Å². The Balaban J connectivity index is 1.52. The number of aryl methyl sites for hydroxylation is 1. The minimum atomic E-state index is -3.43. The molecule has 0 spiro atoms. The van der Waals surface area contributed by atoms with Gasteiger partial charge in [0.05, 0.1) is 10.6 Å². The molecular formula is C19H24N3O3S+. The molecule has 0 unspecified atom stereocenters. The molecule has 26 heavy (non-hydrogen) atoms. The lowest BCUT2D eigenvalue weighted by molar-refractivity contribution is -0.377. The van der Waals surface area contributed by atoms with Crippen molar-refractivity contribution in [3.8, 4) is 0 Å². The Morgan fingerprint density at radius 2 is 1.62 bits per heavy atom. The third-order valence-electron chi connectivity index (χ3n) is 4.66. The van der Waals surface area contributed by atoms with E-state index in [-0.39, 0.29) is 23.0 Å². The molecule has 1 fully saturated rings. The van der Waals surface area contributed by atoms with Crippen LogP contribution in [0.5, 0.6) is 0 Å². The van der Waals surface area contributed by atoms with Gasteiger partial charge in [-0.25, -0.2) is 13.4 Å². The molecule has 0 saturated carbocycles. The van der Waals surface area contributed by atoms with Gasteiger partial charge in [0.2, 0.25) is 5.91 Å². The van der Waals surface area contributed by atoms with Gasteiger partial charge in [-0.3, -0.25) is 4.79 Å². The van der Waals surface area contributed by atoms with Crippen LogP contribution in [-0.4, -0.2) is 51.2 Å². The topological polar surface area (TPSA) is 71.8 Å². The lowest BCUT2D eigenvalue weighted by Gasteiger charge is -2.35. The summed E-state index contributed by atoms with van der Waals surface area (Å²) in [5, 5.41) is 0. The summed E-state index contributed by atoms with van der Waals surface area (Å²) < 4.78 is 24.8. The second-order valence-corrected chi connectivity index (χ2v) is 8.62. The molecule has 0 aliphatic carbocycles. The Bertz CT molecular complexity index is 843. The summed E-state index contributed by atoms with van der Waals surface area (Å²) in [5.41, 5.74) is 2.13. The zero-order valence-electron chi connectivity index (χ0n) is 14.9. The number of hydrogen-bond donors (Lipinski definition) is 0. The molecule has 2 heterocycles. The van der Waals surface area contributed by atoms with Gasteiger partial charge in [0.25, 0.3) is 0 Å². The van der Waals surface area contributed by atoms with Crippen LogP contribution in [0.4, 0.5) is 5.69 Å². The predicted molar refractivity (Wildman–Crippen MR) is 99.6 cm³/mol. The fraction of sp³-hybridized carbons (Fsp3) is 0.368. The lowest BCUT2D eigenvalue weighted by atomic mass is 10.2. The number of rotatable bonds is 5. The van der Waals surface area contributed by atoms with Crippen molar-refractivity contribution >= 4 is 21.4 Å². The third kappa shape index (κ3) is 4.40. The Morgan fingerprint density at radius 1 is 1.00 bits per heavy atom. The van der Waals surface area contributed by atoms with Gasteiger partial charge in [0.1, 0.15) is 0 Å². The number of aromatic nitrogens is 1. The van der Waals surface area contributed by atoms with Crippen molar-refractivity contribution in [3.63, 3.8) is 0 Å². The van der Waals surface area contributed by atoms with Crippen LogP contribution in [0.25, 0.3) is 0 Å². The molecule has 3 rings (SSSR count). The van der Waals surface area contributed by atoms with Crippen LogP contribution >= 0.6 is 0 Å². The van der Waals surface area contributed by atoms with Crippen LogP contribution in [0.15, 0.2) is 53.7 Å². The number of hydrogen-bond acceptors (Lipinski definition) is 4. The van der Waals surface area contributed by atoms with E-state index < -0.39 is 9.84 Å². The highest BCUT2D eigenvalue weighted by Gasteiger charge is 2.23. The zero-order chi connectivity index (χ0) is 18.6. The minimum Gasteiger partial charge on any atom is -0.368 e. The van der Waals surface area contributed by atoms with Crippen LogP contribution in [0.2, 0.25) is 0 Å². The zero-order valence-corrected chi connectivity index (χ0v) is 15.7. The normalized spacial score (nSPS) is 15.1. The molecule has 138 valence electrons. The number of benzene rings is 1. The molecule has 1 aromatic carbocycles. The molecule has 0 bridgehead atoms. The molecule has 1 amide bonds. The number of anilines is 1. The van der Waals surface area contributed by atoms with Gasteiger partial charge >= 0.3 is 0 Å². The minimum absolute atomic E-state index is 0.0243. The molecule has 1 aliphatic rings. The Hall–Kier alpha value is -2.41. The van der Waals surface area contributed by atoms with Crippen LogP contribution in [0.3, 0.4) is 0 Å². The molecule has 1 aromatic heterocycles. The van der Waals surface area contributed by atoms with Gasteiger partial charge in [0.15, 0.2) is 22.2 Å². The fourth-order valence-corrected chi connectivity index (χ4v) is 4.28. The van der Waals surface area contributed by atoms with Gasteiger partial charge in [-0.1, -0.05) is 17.7 Å². The average molecular weight is 374 g/mol. The quantitative estimate of drug-likeness (QED) is 0.791. The molecule has 1 N–H and O–H groups in total. The molecule has 7 heteroatoms. The largest absolute Gasteiger partial charge is 0.368 e. The summed E-state index contributed by atoms with van der Waals surface area (Å²) in [5.74, 6) is -0.245. The third-order valence-corrected chi connectivity index (χ3v) is 6.39. The van der Waals surface area contributed by atoms with Crippen LogP contribution < -0.4 is 9.88 Å². The number of carbonyl (C=O) groups is 1. The summed E-state index contributed by atoms with van der Waals surface area (Å²) in [4.78, 5) is 19.7. The maximum absolute atomic E-state index is 12.4. The summed E-state index contributed by atoms with van der Waals surface area (Å²) >= 11 is 0. The summed E-state index contributed by atoms with van der Waals surface area (Å²) in [6.07, 6.45) is 3.78. The van der Waals surface area contributed by atoms with Crippen LogP contribution in [0, 0.1) is 6.92 Å². The van der Waals surface area contributed by atoms with E-state index in [1.807, 2.05) is 31.5 Å². The number of pyridine rings is 1. The highest BCUT2D eigenvalue weighted by atomic mass is 32.2. The Labute approximate surface area is 154 Å². The maximum Gasteiger partial charge on any atom is 0.223 e. The van der Waals surface area contributed by atoms with Crippen molar-refractivity contribution in [1.29, 1.82) is 0 Å². The SMILES string of the molecule is Cc1ccc(S(=O)(=O)CCC(=O)N2CCN(c3cc[nH+]cc3)CC2)cc1. The number of nitrogens with zero attached hydrogens (tertiary/aromatic N) is 2. The van der Waals surface area contributed by atoms with Crippen molar-refractivity contribution in [3.05, 3.63) is 54.4 Å². The van der Waals surface area contributed by atoms with Crippen molar-refractivity contribution < 1.29 is 18.2 Å². The predicted octanol–water partition coefficient (Wildman–Crippen LogP) is 1.32. The van der Waals surface area contributed by atoms with Gasteiger partial charge in [-0.05, 0) is 19.1 Å². The van der Waals surface area contributed by atoms with Crippen molar-refractivity contribution in [2.24, 2.45) is 0 Å². The van der Waals surface area contributed by atoms with Crippen molar-refractivity contribution in [2.45, 2.75) is 18.2 Å². The number of amides is 1. The maximum atomic E-state index is 12.4. The smallest absolute Gasteiger partial charge is 0.223 e. The highest BCUT2D eigenvalue weighted by molar-refractivity contribution is 7.91. The van der Waals surface area contributed by atoms with E-state index in [4.69, 9.17) is 0 Å². The van der Waals surface area contributed by atoms with E-state index in [0.29, 0.717) is 13.1 Å². The molecule has 2 aromatic rings.